The maximum Gasteiger partial charge on any atom is -0.693 e. The Bertz CT molecular complexity index is 260. The van der Waals surface area contributed by atoms with Crippen LogP contribution in [0.15, 0.2) is 35.2 Å². The fraction of sp³-hybridized carbons (Fsp3) is 0. The second-order valence-electron chi connectivity index (χ2n) is 1.72. The molecule has 1 unspecified atom stereocenters. The predicted octanol–water partition coefficient (Wildman–Crippen LogP) is 3.71. The molecule has 83 valence electrons. The van der Waals surface area contributed by atoms with Gasteiger partial charge in [0, 0.05) is 4.90 Å². The second-order valence-corrected chi connectivity index (χ2v) is 8.98. The van der Waals surface area contributed by atoms with Gasteiger partial charge in [-0.2, -0.15) is 0 Å². The van der Waals surface area contributed by atoms with Crippen molar-refractivity contribution in [3.63, 3.8) is 0 Å². The van der Waals surface area contributed by atoms with Crippen LogP contribution in [0.3, 0.4) is 0 Å². The van der Waals surface area contributed by atoms with Crippen LogP contribution >= 0.6 is 30.1 Å². The van der Waals surface area contributed by atoms with Crippen LogP contribution in [0.25, 0.3) is 6.15 Å². The molecule has 1 atom stereocenters. The average Bonchev–Trinajstić information content (AvgIpc) is 2.05. The zero-order valence-electron chi connectivity index (χ0n) is 6.73. The number of hydrogen-bond acceptors (Lipinski definition) is 2. The van der Waals surface area contributed by atoms with Crippen LogP contribution in [0.5, 0.6) is 0 Å². The second kappa shape index (κ2) is 10.2. The Morgan fingerprint density at radius 3 is 1.71 bits per heavy atom. The maximum atomic E-state index is 10.2. The van der Waals surface area contributed by atoms with Gasteiger partial charge in [0.1, 0.15) is 0 Å². The fourth-order valence-corrected chi connectivity index (χ4v) is 0.911. The molecule has 0 bridgehead atoms. The van der Waals surface area contributed by atoms with Crippen molar-refractivity contribution in [2.24, 2.45) is 0 Å². The predicted molar refractivity (Wildman–Crippen MR) is 56.5 cm³/mol. The van der Waals surface area contributed by atoms with E-state index in [-0.39, 0.29) is 6.15 Å². The van der Waals surface area contributed by atoms with E-state index >= 15 is 0 Å². The van der Waals surface area contributed by atoms with E-state index in [1.807, 2.05) is 0 Å². The van der Waals surface area contributed by atoms with Gasteiger partial charge in [-0.05, 0) is 23.2 Å². The summed E-state index contributed by atoms with van der Waals surface area (Å²) in [6, 6.07) is 8.23. The molecule has 1 aromatic rings. The summed E-state index contributed by atoms with van der Waals surface area (Å²) in [5, 5.41) is 0. The zero-order valence-corrected chi connectivity index (χ0v) is 11.1. The molecular formula is C6H7Cl3CrNO2S-2. The maximum absolute atomic E-state index is 10.2. The molecule has 0 amide bonds. The summed E-state index contributed by atoms with van der Waals surface area (Å²) in [5.41, 5.74) is 0. The van der Waals surface area contributed by atoms with E-state index in [0.717, 1.165) is 0 Å². The van der Waals surface area contributed by atoms with Crippen molar-refractivity contribution in [2.75, 3.05) is 0 Å². The average molecular weight is 316 g/mol. The van der Waals surface area contributed by atoms with E-state index in [2.05, 4.69) is 0 Å². The first-order chi connectivity index (χ1) is 6.04. The van der Waals surface area contributed by atoms with Crippen LogP contribution in [0, 0.1) is 0 Å². The molecule has 0 aromatic heterocycles. The first kappa shape index (κ1) is 17.1. The number of benzene rings is 1. The van der Waals surface area contributed by atoms with E-state index in [1.54, 1.807) is 30.3 Å². The van der Waals surface area contributed by atoms with Crippen LogP contribution in [0.2, 0.25) is 0 Å². The Kier molecular flexibility index (Phi) is 12.5. The summed E-state index contributed by atoms with van der Waals surface area (Å²) >= 11 is -3.70. The molecule has 1 rings (SSSR count). The van der Waals surface area contributed by atoms with Gasteiger partial charge < -0.3 is 10.7 Å². The smallest absolute Gasteiger partial charge is 0.693 e. The van der Waals surface area contributed by atoms with Gasteiger partial charge in [0.05, 0.1) is 0 Å². The fourth-order valence-electron chi connectivity index (χ4n) is 0.532. The molecule has 0 spiro atoms. The van der Waals surface area contributed by atoms with Crippen LogP contribution in [-0.2, 0) is 22.5 Å². The van der Waals surface area contributed by atoms with Gasteiger partial charge in [-0.1, -0.05) is 18.2 Å². The third kappa shape index (κ3) is 10.8. The van der Waals surface area contributed by atoms with Gasteiger partial charge in [0.25, 0.3) is 0 Å². The van der Waals surface area contributed by atoms with Crippen molar-refractivity contribution in [3.8, 4) is 0 Å². The molecule has 0 saturated carbocycles. The summed E-state index contributed by atoms with van der Waals surface area (Å²) in [4.78, 5) is 0.331. The molecule has 3 nitrogen and oxygen atoms in total. The minimum atomic E-state index is -2.08. The number of hydrogen-bond donors (Lipinski definition) is 0. The largest absolute Gasteiger partial charge is 0.693 e. The zero-order chi connectivity index (χ0) is 10.3. The molecular weight excluding hydrogens is 308 g/mol. The minimum Gasteiger partial charge on any atom is -0.693 e. The van der Waals surface area contributed by atoms with Crippen molar-refractivity contribution in [2.45, 2.75) is 4.90 Å². The van der Waals surface area contributed by atoms with Crippen LogP contribution < -0.4 is 0 Å². The van der Waals surface area contributed by atoms with E-state index in [0.29, 0.717) is 4.90 Å². The third-order valence-corrected chi connectivity index (χ3v) is 1.59. The van der Waals surface area contributed by atoms with Crippen molar-refractivity contribution < 1.29 is 20.1 Å². The number of halogens is 3. The molecule has 0 aliphatic heterocycles. The SMILES string of the molecule is O=S([O-])c1ccccc1.[Cl][Cr]([Cl])[Cl].[NH2-]. The third-order valence-electron chi connectivity index (χ3n) is 0.936. The van der Waals surface area contributed by atoms with E-state index in [4.69, 9.17) is 30.1 Å². The molecule has 2 N–H and O–H groups in total. The van der Waals surface area contributed by atoms with Crippen molar-refractivity contribution in [1.29, 1.82) is 0 Å². The Morgan fingerprint density at radius 1 is 1.14 bits per heavy atom. The molecule has 0 saturated heterocycles. The molecule has 0 aliphatic rings. The van der Waals surface area contributed by atoms with Crippen molar-refractivity contribution in [1.82, 2.24) is 0 Å². The van der Waals surface area contributed by atoms with Gasteiger partial charge in [0.15, 0.2) is 0 Å². The first-order valence-corrected chi connectivity index (χ1v) is 9.25. The number of rotatable bonds is 1. The Hall–Kier alpha value is 0.692. The van der Waals surface area contributed by atoms with Gasteiger partial charge in [-0.25, -0.2) is 0 Å². The minimum absolute atomic E-state index is 0. The summed E-state index contributed by atoms with van der Waals surface area (Å²) in [7, 11) is 14.8. The van der Waals surface area contributed by atoms with Gasteiger partial charge in [-0.3, -0.25) is 4.21 Å². The number of nitrogens with two attached hydrogens (primary N) is 1. The molecule has 0 radical (unpaired) electrons. The van der Waals surface area contributed by atoms with Gasteiger partial charge in [0.2, 0.25) is 0 Å². The molecule has 0 fully saturated rings. The topological polar surface area (TPSA) is 73.6 Å². The summed E-state index contributed by atoms with van der Waals surface area (Å²) < 4.78 is 20.4. The van der Waals surface area contributed by atoms with E-state index in [9.17, 15) is 8.76 Å². The van der Waals surface area contributed by atoms with Crippen LogP contribution in [0.1, 0.15) is 0 Å². The molecule has 14 heavy (non-hydrogen) atoms. The molecule has 1 aromatic carbocycles. The monoisotopic (exact) mass is 314 g/mol. The quantitative estimate of drug-likeness (QED) is 0.741. The molecule has 0 heterocycles. The van der Waals surface area contributed by atoms with Gasteiger partial charge >= 0.3 is 41.5 Å². The summed E-state index contributed by atoms with van der Waals surface area (Å²) in [5.74, 6) is 0. The first-order valence-electron chi connectivity index (χ1n) is 2.91. The molecule has 8 heteroatoms. The Balaban J connectivity index is 0. The van der Waals surface area contributed by atoms with E-state index in [1.165, 1.54) is 0 Å². The molecule has 0 aliphatic carbocycles. The Labute approximate surface area is 102 Å². The normalized spacial score (nSPS) is 10.9. The summed E-state index contributed by atoms with van der Waals surface area (Å²) in [6.07, 6.45) is 0. The Morgan fingerprint density at radius 2 is 1.50 bits per heavy atom. The summed E-state index contributed by atoms with van der Waals surface area (Å²) in [6.45, 7) is 0. The van der Waals surface area contributed by atoms with Gasteiger partial charge in [-0.15, -0.1) is 0 Å². The van der Waals surface area contributed by atoms with E-state index < -0.39 is 22.5 Å². The van der Waals surface area contributed by atoms with Crippen LogP contribution in [0.4, 0.5) is 0 Å². The van der Waals surface area contributed by atoms with Crippen LogP contribution in [-0.4, -0.2) is 8.76 Å². The van der Waals surface area contributed by atoms with Crippen molar-refractivity contribution >= 4 is 41.2 Å². The van der Waals surface area contributed by atoms with Crippen molar-refractivity contribution in [3.05, 3.63) is 36.5 Å². The standard InChI is InChI=1S/C6H6O2S.3ClH.Cr.H2N/c7-9(8)6-4-2-1-3-5-6;;;;;/h1-5H,(H,7,8);3*1H;;1H2/q;;;;+3;-1/p-4.